The predicted molar refractivity (Wildman–Crippen MR) is 245 cm³/mol. The van der Waals surface area contributed by atoms with Crippen LogP contribution in [0.1, 0.15) is 66.5 Å². The van der Waals surface area contributed by atoms with E-state index in [9.17, 15) is 19.2 Å². The molecule has 3 aromatic heterocycles. The van der Waals surface area contributed by atoms with Crippen molar-refractivity contribution in [3.63, 3.8) is 0 Å². The van der Waals surface area contributed by atoms with Crippen LogP contribution in [0, 0.1) is 0 Å². The normalized spacial score (nSPS) is 21.4. The smallest absolute Gasteiger partial charge is 0.143 e. The number of para-hydroxylation sites is 3. The van der Waals surface area contributed by atoms with Gasteiger partial charge in [-0.25, -0.2) is 0 Å². The fourth-order valence-electron chi connectivity index (χ4n) is 7.77. The number of thiophene rings is 1. The summed E-state index contributed by atoms with van der Waals surface area (Å²) in [4.78, 5) is 0. The van der Waals surface area contributed by atoms with Gasteiger partial charge in [-0.2, -0.15) is 0 Å². The Labute approximate surface area is 383 Å². The lowest BCUT2D eigenvalue weighted by Gasteiger charge is -2.18. The van der Waals surface area contributed by atoms with Gasteiger partial charge in [0, 0.05) is 64.4 Å². The van der Waals surface area contributed by atoms with Crippen LogP contribution in [0.25, 0.3) is 103 Å². The lowest BCUT2D eigenvalue weighted by molar-refractivity contribution is 0.670. The Hall–Kier alpha value is -7.20. The zero-order valence-corrected chi connectivity index (χ0v) is 29.7. The van der Waals surface area contributed by atoms with Gasteiger partial charge in [0.05, 0.1) is 54.9 Å². The first-order valence-corrected chi connectivity index (χ1v) is 18.2. The van der Waals surface area contributed by atoms with E-state index in [-0.39, 0.29) is 14.8 Å². The third kappa shape index (κ3) is 4.48. The van der Waals surface area contributed by atoms with Gasteiger partial charge in [-0.1, -0.05) is 151 Å². The minimum Gasteiger partial charge on any atom is -0.455 e. The van der Waals surface area contributed by atoms with Crippen molar-refractivity contribution in [2.75, 3.05) is 0 Å². The Morgan fingerprint density at radius 1 is 0.466 bits per heavy atom. The molecule has 13 rings (SSSR count). The summed E-state index contributed by atoms with van der Waals surface area (Å²) < 4.78 is 301. The van der Waals surface area contributed by atoms with E-state index in [1.807, 2.05) is 0 Å². The van der Waals surface area contributed by atoms with Crippen LogP contribution >= 0.6 is 11.3 Å². The van der Waals surface area contributed by atoms with E-state index in [2.05, 4.69) is 0 Å². The zero-order chi connectivity index (χ0) is 65.7. The minimum atomic E-state index is -2.00. The molecule has 0 spiro atoms. The number of nitrogens with zero attached hydrogens (tertiary/aromatic N) is 1. The van der Waals surface area contributed by atoms with Crippen molar-refractivity contribution < 1.29 is 48.3 Å². The second kappa shape index (κ2) is 12.1. The molecule has 58 heavy (non-hydrogen) atoms. The molecule has 0 saturated carbocycles. The Morgan fingerprint density at radius 2 is 1.16 bits per heavy atom. The molecule has 0 fully saturated rings. The highest BCUT2D eigenvalue weighted by Crippen LogP contribution is 2.52. The standard InChI is InChI=1S/C55H33NOS/c1-2-14-33(15-3-1)52-41-20-5-4-16-37(41)42-22-12-21-36(53(42)52)34-28-29-49-45(30-34)38-17-6-9-25-48(38)56(49)35-31-46-40-19-8-11-27-51(40)58-55(46)47(32-35)44-24-13-23-43-39-18-7-10-26-50(39)57-54(43)44/h1-32,52H/i1D,2D,3D,4D,5D,6D,7D,8D,9D,10D,11D,12D,13D,14D,15D,16D,17D,18D,19D,20D,21D,22D,23D,24D,25D,26D,27D,28D,29D,30D,31D,32D. The molecule has 0 amide bonds. The fraction of sp³-hybridized carbons (Fsp3) is 0.0182. The number of benzene rings is 9. The van der Waals surface area contributed by atoms with Crippen LogP contribution in [0.15, 0.2) is 198 Å². The summed E-state index contributed by atoms with van der Waals surface area (Å²) in [6, 6.07) is -28.6. The minimum absolute atomic E-state index is 0.252. The molecule has 9 aromatic carbocycles. The van der Waals surface area contributed by atoms with Crippen molar-refractivity contribution in [1.29, 1.82) is 0 Å². The molecule has 1 atom stereocenters. The van der Waals surface area contributed by atoms with Crippen molar-refractivity contribution in [2.45, 2.75) is 5.92 Å². The molecular weight excluding hydrogens is 723 g/mol. The van der Waals surface area contributed by atoms with Gasteiger partial charge in [-0.05, 0) is 81.2 Å². The number of aromatic nitrogens is 1. The average Bonchev–Trinajstić information content (AvgIpc) is 1.51. The molecule has 270 valence electrons. The second-order valence-electron chi connectivity index (χ2n) is 13.1. The third-order valence-corrected chi connectivity index (χ3v) is 11.3. The Kier molecular flexibility index (Phi) is 2.94. The topological polar surface area (TPSA) is 18.1 Å². The van der Waals surface area contributed by atoms with Crippen molar-refractivity contribution in [1.82, 2.24) is 4.57 Å². The molecule has 0 saturated heterocycles. The van der Waals surface area contributed by atoms with E-state index in [0.29, 0.717) is 11.3 Å². The van der Waals surface area contributed by atoms with E-state index < -0.39 is 304 Å². The van der Waals surface area contributed by atoms with Gasteiger partial charge >= 0.3 is 0 Å². The summed E-state index contributed by atoms with van der Waals surface area (Å²) in [5.41, 5.74) is -9.13. The number of hydrogen-bond donors (Lipinski definition) is 0. The lowest BCUT2D eigenvalue weighted by Crippen LogP contribution is -2.01. The van der Waals surface area contributed by atoms with Gasteiger partial charge in [-0.15, -0.1) is 11.3 Å². The molecule has 3 heterocycles. The maximum absolute atomic E-state index is 10.4. The van der Waals surface area contributed by atoms with Gasteiger partial charge in [0.1, 0.15) is 11.2 Å². The monoisotopic (exact) mass is 787 g/mol. The number of rotatable bonds is 4. The predicted octanol–water partition coefficient (Wildman–Crippen LogP) is 15.5. The summed E-state index contributed by atoms with van der Waals surface area (Å²) in [5, 5.41) is -3.12. The van der Waals surface area contributed by atoms with E-state index >= 15 is 0 Å². The SMILES string of the molecule is [2H]c1c([2H])c([2H])c(C2c3c([2H])c([2H])c([2H])c([2H])c3-c3c([2H])c([2H])c([2H])c(-c4c([2H])c([2H])c5c(c4[2H])c4c([2H])c([2H])c([2H])c([2H])c4n5-c4c([2H])c(-c5c([2H])c([2H])c([2H])c6c5oc5c([2H])c([2H])c([2H])c([2H])c56)c5sc6c([2H])c([2H])c([2H])c([2H])c6c5c4[2H])c32)c([2H])c1[2H]. The van der Waals surface area contributed by atoms with Crippen LogP contribution in [0.4, 0.5) is 0 Å². The first-order chi connectivity index (χ1) is 42.1. The molecule has 0 aliphatic heterocycles. The zero-order valence-electron chi connectivity index (χ0n) is 60.8. The first-order valence-electron chi connectivity index (χ1n) is 33.4. The van der Waals surface area contributed by atoms with Crippen LogP contribution < -0.4 is 0 Å². The molecular formula is C55H33NOS. The summed E-state index contributed by atoms with van der Waals surface area (Å²) in [7, 11) is 0. The molecule has 0 N–H and O–H groups in total. The second-order valence-corrected chi connectivity index (χ2v) is 14.1. The molecule has 12 aromatic rings. The molecule has 1 aliphatic rings. The Bertz CT molecular complexity index is 5500. The molecule has 1 aliphatic carbocycles. The first kappa shape index (κ1) is 14.0. The van der Waals surface area contributed by atoms with Gasteiger partial charge < -0.3 is 8.98 Å². The summed E-state index contributed by atoms with van der Waals surface area (Å²) >= 11 is 0.575. The molecule has 0 radical (unpaired) electrons. The van der Waals surface area contributed by atoms with Crippen LogP contribution in [0.3, 0.4) is 0 Å². The largest absolute Gasteiger partial charge is 0.455 e. The number of furan rings is 1. The summed E-state index contributed by atoms with van der Waals surface area (Å²) in [6.07, 6.45) is 0. The maximum Gasteiger partial charge on any atom is 0.143 e. The van der Waals surface area contributed by atoms with Gasteiger partial charge in [-0.3, -0.25) is 0 Å². The molecule has 1 unspecified atom stereocenters. The van der Waals surface area contributed by atoms with Crippen LogP contribution in [-0.2, 0) is 0 Å². The van der Waals surface area contributed by atoms with Crippen LogP contribution in [0.5, 0.6) is 0 Å². The van der Waals surface area contributed by atoms with Crippen molar-refractivity contribution in [2.24, 2.45) is 0 Å². The van der Waals surface area contributed by atoms with E-state index in [0.717, 1.165) is 4.57 Å². The van der Waals surface area contributed by atoms with E-state index in [4.69, 9.17) is 29.1 Å². The maximum atomic E-state index is 10.4. The lowest BCUT2D eigenvalue weighted by atomic mass is 9.85. The Balaban J connectivity index is 1.27. The highest BCUT2D eigenvalue weighted by molar-refractivity contribution is 7.26. The fourth-order valence-corrected chi connectivity index (χ4v) is 8.84. The third-order valence-electron chi connectivity index (χ3n) is 10.1. The number of hydrogen-bond acceptors (Lipinski definition) is 2. The average molecular weight is 788 g/mol. The quantitative estimate of drug-likeness (QED) is 0.174. The van der Waals surface area contributed by atoms with Crippen LogP contribution in [-0.4, -0.2) is 4.57 Å². The molecule has 0 bridgehead atoms. The highest BCUT2D eigenvalue weighted by Gasteiger charge is 2.32. The van der Waals surface area contributed by atoms with Crippen molar-refractivity contribution in [3.8, 4) is 39.1 Å². The van der Waals surface area contributed by atoms with E-state index in [1.54, 1.807) is 0 Å². The van der Waals surface area contributed by atoms with Crippen molar-refractivity contribution in [3.05, 3.63) is 210 Å². The van der Waals surface area contributed by atoms with Gasteiger partial charge in [0.2, 0.25) is 0 Å². The Morgan fingerprint density at radius 3 is 2.09 bits per heavy atom. The highest BCUT2D eigenvalue weighted by atomic mass is 32.1. The van der Waals surface area contributed by atoms with Gasteiger partial charge in [0.15, 0.2) is 0 Å². The van der Waals surface area contributed by atoms with E-state index in [1.165, 1.54) is 0 Å². The molecule has 3 heteroatoms. The number of fused-ring (bicyclic) bond motifs is 12. The summed E-state index contributed by atoms with van der Waals surface area (Å²) in [5.74, 6) is -2.00. The molecule has 2 nitrogen and oxygen atoms in total. The van der Waals surface area contributed by atoms with Gasteiger partial charge in [0.25, 0.3) is 0 Å². The van der Waals surface area contributed by atoms with Crippen molar-refractivity contribution >= 4 is 75.3 Å². The summed E-state index contributed by atoms with van der Waals surface area (Å²) in [6.45, 7) is 0. The van der Waals surface area contributed by atoms with Crippen LogP contribution in [0.2, 0.25) is 0 Å².